The molecular formula is C9H9N13O4. The minimum Gasteiger partial charge on any atom is -0.395 e. The van der Waals surface area contributed by atoms with E-state index < -0.39 is 10.1 Å². The van der Waals surface area contributed by atoms with E-state index in [1.165, 1.54) is 18.2 Å². The molecule has 3 aromatic heterocycles. The molecule has 0 fully saturated rings. The number of aromatic nitrogens is 7. The summed E-state index contributed by atoms with van der Waals surface area (Å²) >= 11 is 0. The van der Waals surface area contributed by atoms with Gasteiger partial charge in [0.1, 0.15) is 21.6 Å². The molecule has 134 valence electrons. The molecule has 3 heterocycles. The molecule has 0 spiro atoms. The maximum Gasteiger partial charge on any atom is 0.459 e. The van der Waals surface area contributed by atoms with Crippen molar-refractivity contribution < 1.29 is 19.4 Å². The zero-order valence-corrected chi connectivity index (χ0v) is 12.5. The molecule has 3 aromatic rings. The average molecular weight is 363 g/mol. The highest BCUT2D eigenvalue weighted by molar-refractivity contribution is 5.54. The number of nitrogens with zero attached hydrogens (tertiary/aromatic N) is 9. The fourth-order valence-corrected chi connectivity index (χ4v) is 2.00. The molecule has 0 saturated carbocycles. The van der Waals surface area contributed by atoms with Crippen LogP contribution in [0.3, 0.4) is 0 Å². The second-order valence-corrected chi connectivity index (χ2v) is 4.55. The Balaban J connectivity index is 2.06. The molecule has 0 saturated heterocycles. The van der Waals surface area contributed by atoms with E-state index >= 15 is 0 Å². The fourth-order valence-electron chi connectivity index (χ4n) is 2.00. The van der Waals surface area contributed by atoms with Gasteiger partial charge >= 0.3 is 23.5 Å². The normalized spacial score (nSPS) is 10.5. The second-order valence-electron chi connectivity index (χ2n) is 4.55. The summed E-state index contributed by atoms with van der Waals surface area (Å²) in [7, 11) is 0. The molecule has 0 aliphatic heterocycles. The van der Waals surface area contributed by atoms with Crippen molar-refractivity contribution in [2.24, 2.45) is 0 Å². The van der Waals surface area contributed by atoms with Gasteiger partial charge in [0.05, 0.1) is 0 Å². The van der Waals surface area contributed by atoms with Crippen LogP contribution < -0.4 is 20.8 Å². The highest BCUT2D eigenvalue weighted by Crippen LogP contribution is 2.18. The summed E-state index contributed by atoms with van der Waals surface area (Å²) in [6, 6.07) is 4.49. The molecule has 3 rings (SSSR count). The third-order valence-corrected chi connectivity index (χ3v) is 2.97. The third kappa shape index (κ3) is 2.93. The maximum atomic E-state index is 10.6. The Morgan fingerprint density at radius 3 is 1.73 bits per heavy atom. The predicted molar refractivity (Wildman–Crippen MR) is 80.1 cm³/mol. The van der Waals surface area contributed by atoms with Gasteiger partial charge in [-0.25, -0.2) is 14.3 Å². The van der Waals surface area contributed by atoms with Gasteiger partial charge in [0.25, 0.3) is 0 Å². The van der Waals surface area contributed by atoms with Gasteiger partial charge in [0.2, 0.25) is 0 Å². The highest BCUT2D eigenvalue weighted by atomic mass is 16.7. The minimum absolute atomic E-state index is 0.00584. The Morgan fingerprint density at radius 2 is 1.35 bits per heavy atom. The number of nitrogen functional groups attached to an aromatic ring is 2. The predicted octanol–water partition coefficient (Wildman–Crippen LogP) is -1.74. The Morgan fingerprint density at radius 1 is 0.923 bits per heavy atom. The van der Waals surface area contributed by atoms with Gasteiger partial charge in [-0.1, -0.05) is 16.3 Å². The molecule has 6 N–H and O–H groups in total. The fraction of sp³-hybridized carbons (Fsp3) is 0. The summed E-state index contributed by atoms with van der Waals surface area (Å²) in [5.41, 5.74) is 17.5. The van der Waals surface area contributed by atoms with Crippen LogP contribution in [0.25, 0.3) is 34.1 Å². The second kappa shape index (κ2) is 6.14. The Bertz CT molecular complexity index is 918. The molecule has 0 atom stereocenters. The molecule has 17 heteroatoms. The first-order valence-electron chi connectivity index (χ1n) is 6.59. The lowest BCUT2D eigenvalue weighted by molar-refractivity contribution is -0.720. The zero-order chi connectivity index (χ0) is 18.8. The van der Waals surface area contributed by atoms with E-state index in [-0.39, 0.29) is 34.9 Å². The molecule has 26 heavy (non-hydrogen) atoms. The van der Waals surface area contributed by atoms with Crippen LogP contribution in [0.5, 0.6) is 0 Å². The number of aromatic amines is 2. The maximum absolute atomic E-state index is 10.6. The van der Waals surface area contributed by atoms with Gasteiger partial charge in [-0.3, -0.25) is 11.5 Å². The molecule has 17 nitrogen and oxygen atoms in total. The average Bonchev–Trinajstić information content (AvgIpc) is 3.11. The summed E-state index contributed by atoms with van der Waals surface area (Å²) < 4.78 is 1.48. The topological polar surface area (TPSA) is 245 Å². The molecule has 0 aromatic carbocycles. The van der Waals surface area contributed by atoms with Crippen LogP contribution in [0, 0.1) is 20.2 Å². The van der Waals surface area contributed by atoms with E-state index in [4.69, 9.17) is 11.5 Å². The minimum atomic E-state index is -0.960. The van der Waals surface area contributed by atoms with Crippen LogP contribution in [0.2, 0.25) is 0 Å². The summed E-state index contributed by atoms with van der Waals surface area (Å²) in [4.78, 5) is 25.5. The lowest BCUT2D eigenvalue weighted by atomic mass is 10.3. The lowest BCUT2D eigenvalue weighted by Crippen LogP contribution is -2.36. The Kier molecular flexibility index (Phi) is 3.85. The summed E-state index contributed by atoms with van der Waals surface area (Å²) in [5, 5.41) is 31.5. The summed E-state index contributed by atoms with van der Waals surface area (Å²) in [6.45, 7) is 0. The molecular weight excluding hydrogens is 354 g/mol. The number of nitrogens with two attached hydrogens (primary N) is 2. The van der Waals surface area contributed by atoms with Gasteiger partial charge in [0.15, 0.2) is 0 Å². The summed E-state index contributed by atoms with van der Waals surface area (Å²) in [5.74, 6) is -0.529. The Hall–Kier alpha value is -4.57. The van der Waals surface area contributed by atoms with Gasteiger partial charge < -0.3 is 31.3 Å². The highest BCUT2D eigenvalue weighted by Gasteiger charge is 2.24. The van der Waals surface area contributed by atoms with Crippen molar-refractivity contribution in [3.05, 3.63) is 49.5 Å². The number of nitro groups is 2. The zero-order valence-electron chi connectivity index (χ0n) is 12.5. The molecule has 0 aliphatic rings. The van der Waals surface area contributed by atoms with Gasteiger partial charge in [-0.15, -0.1) is 0 Å². The largest absolute Gasteiger partial charge is 0.459 e. The first-order valence-corrected chi connectivity index (χ1v) is 6.59. The molecule has 0 aliphatic carbocycles. The molecule has 0 amide bonds. The number of hydrogen-bond acceptors (Lipinski definition) is 9. The van der Waals surface area contributed by atoms with E-state index in [0.717, 1.165) is 9.35 Å². The smallest absolute Gasteiger partial charge is 0.395 e. The lowest BCUT2D eigenvalue weighted by Gasteiger charge is -2.14. The van der Waals surface area contributed by atoms with Crippen LogP contribution >= 0.6 is 0 Å². The van der Waals surface area contributed by atoms with Crippen LogP contribution in [0.4, 0.5) is 11.9 Å². The van der Waals surface area contributed by atoms with E-state index in [0.29, 0.717) is 0 Å². The number of hydrogen-bond donors (Lipinski definition) is 4. The molecule has 0 radical (unpaired) electrons. The third-order valence-electron chi connectivity index (χ3n) is 2.97. The van der Waals surface area contributed by atoms with Crippen molar-refractivity contribution in [3.8, 4) is 23.0 Å². The van der Waals surface area contributed by atoms with Crippen molar-refractivity contribution in [1.82, 2.24) is 25.4 Å². The number of nitrogens with one attached hydrogen (secondary N) is 2. The van der Waals surface area contributed by atoms with Crippen molar-refractivity contribution in [2.45, 2.75) is 0 Å². The van der Waals surface area contributed by atoms with Crippen molar-refractivity contribution in [3.63, 3.8) is 0 Å². The van der Waals surface area contributed by atoms with Crippen molar-refractivity contribution >= 4 is 11.9 Å². The summed E-state index contributed by atoms with van der Waals surface area (Å²) in [6.07, 6.45) is 0. The number of anilines is 2. The first kappa shape index (κ1) is 16.3. The van der Waals surface area contributed by atoms with Crippen molar-refractivity contribution in [2.75, 3.05) is 11.5 Å². The molecule has 0 bridgehead atoms. The number of rotatable bonds is 6. The SMILES string of the molecule is Nc1n[nH]c(-c2cccc(-c3[nH]nc(N)[n+]3[N-][N+](=O)[O-])n2)[n+]1[N-][N+](=O)[O-]. The first-order chi connectivity index (χ1) is 12.4. The molecule has 0 unspecified atom stereocenters. The van der Waals surface area contributed by atoms with E-state index in [9.17, 15) is 20.2 Å². The monoisotopic (exact) mass is 363 g/mol. The quantitative estimate of drug-likeness (QED) is 0.220. The van der Waals surface area contributed by atoms with E-state index in [1.807, 2.05) is 0 Å². The van der Waals surface area contributed by atoms with Gasteiger partial charge in [-0.05, 0) is 12.1 Å². The number of H-pyrrole nitrogens is 2. The van der Waals surface area contributed by atoms with Crippen LogP contribution in [0.1, 0.15) is 0 Å². The number of pyridine rings is 1. The Labute approximate surface area is 141 Å². The van der Waals surface area contributed by atoms with Crippen LogP contribution in [-0.2, 0) is 0 Å². The van der Waals surface area contributed by atoms with Gasteiger partial charge in [0, 0.05) is 0 Å². The van der Waals surface area contributed by atoms with E-state index in [2.05, 4.69) is 36.4 Å². The van der Waals surface area contributed by atoms with Gasteiger partial charge in [-0.2, -0.15) is 10.1 Å². The van der Waals surface area contributed by atoms with Crippen molar-refractivity contribution in [1.29, 1.82) is 0 Å². The van der Waals surface area contributed by atoms with Crippen LogP contribution in [-0.4, -0.2) is 35.4 Å². The standard InChI is InChI=1S/C9H9N13O4/c10-8-15-13-6(19(8)17-21(23)24)4-2-1-3-5(12-4)7-14-16-9(11)20(7)18-22(25)26/h1-3,13-14H,(H2,10,15)(H2,11,16). The van der Waals surface area contributed by atoms with Crippen LogP contribution in [0.15, 0.2) is 18.2 Å². The van der Waals surface area contributed by atoms with E-state index in [1.54, 1.807) is 0 Å².